The van der Waals surface area contributed by atoms with E-state index in [0.29, 0.717) is 10.0 Å². The van der Waals surface area contributed by atoms with Gasteiger partial charge in [-0.3, -0.25) is 14.4 Å². The molecule has 252 valence electrons. The zero-order valence-corrected chi connectivity index (χ0v) is 27.5. The second-order valence-corrected chi connectivity index (χ2v) is 11.4. The van der Waals surface area contributed by atoms with E-state index in [4.69, 9.17) is 63.8 Å². The van der Waals surface area contributed by atoms with Crippen molar-refractivity contribution in [3.63, 3.8) is 0 Å². The van der Waals surface area contributed by atoms with Crippen LogP contribution in [0.1, 0.15) is 79.5 Å². The quantitative estimate of drug-likeness (QED) is 0.191. The van der Waals surface area contributed by atoms with Crippen LogP contribution in [0.4, 0.5) is 0 Å². The normalized spacial score (nSPS) is 9.67. The Hall–Kier alpha value is -3.94. The standard InChI is InChI=1S/C21H22Cl2O4.C9H9Cl.C2H4O2.CO2.2CH4/c1-20(2,14-5-9-16(22)10-6-14)26-18(24)13-19(25)27-21(3,4)15-7-11-17(23)12-8-15;1-7(2)8-3-5-9(10)6-4-8;1-2(3)4;2-1-3;;/h5-12H,13H2,1-4H3;3-6H,1H2,2H3;1H3,(H,3,4);;2*1H4. The van der Waals surface area contributed by atoms with Gasteiger partial charge in [-0.05, 0) is 87.7 Å². The van der Waals surface area contributed by atoms with Gasteiger partial charge in [-0.2, -0.15) is 9.59 Å². The fourth-order valence-corrected chi connectivity index (χ4v) is 3.69. The van der Waals surface area contributed by atoms with E-state index in [1.165, 1.54) is 0 Å². The van der Waals surface area contributed by atoms with Crippen molar-refractivity contribution < 1.29 is 38.6 Å². The minimum absolute atomic E-state index is 0. The maximum atomic E-state index is 12.2. The van der Waals surface area contributed by atoms with Crippen molar-refractivity contribution in [3.8, 4) is 0 Å². The average molecular weight is 698 g/mol. The number of carboxylic acid groups (broad SMARTS) is 1. The smallest absolute Gasteiger partial charge is 0.373 e. The lowest BCUT2D eigenvalue weighted by atomic mass is 9.98. The maximum Gasteiger partial charge on any atom is 0.373 e. The van der Waals surface area contributed by atoms with Gasteiger partial charge in [0.25, 0.3) is 5.97 Å². The van der Waals surface area contributed by atoms with Crippen LogP contribution >= 0.6 is 34.8 Å². The fourth-order valence-electron chi connectivity index (χ4n) is 3.31. The molecule has 0 heterocycles. The van der Waals surface area contributed by atoms with Gasteiger partial charge >= 0.3 is 18.1 Å². The predicted molar refractivity (Wildman–Crippen MR) is 184 cm³/mol. The van der Waals surface area contributed by atoms with Gasteiger partial charge in [0.2, 0.25) is 0 Å². The molecule has 11 heteroatoms. The van der Waals surface area contributed by atoms with Crippen molar-refractivity contribution in [1.82, 2.24) is 0 Å². The first-order chi connectivity index (χ1) is 20.3. The number of hydrogen-bond donors (Lipinski definition) is 1. The number of halogens is 3. The number of hydrogen-bond acceptors (Lipinski definition) is 7. The lowest BCUT2D eigenvalue weighted by molar-refractivity contribution is -0.192. The van der Waals surface area contributed by atoms with E-state index >= 15 is 0 Å². The Morgan fingerprint density at radius 3 is 1.15 bits per heavy atom. The molecule has 0 saturated heterocycles. The van der Waals surface area contributed by atoms with Crippen molar-refractivity contribution in [2.75, 3.05) is 0 Å². The third kappa shape index (κ3) is 19.4. The van der Waals surface area contributed by atoms with Crippen LogP contribution in [-0.4, -0.2) is 29.2 Å². The molecule has 0 aliphatic rings. The lowest BCUT2D eigenvalue weighted by Gasteiger charge is -2.27. The van der Waals surface area contributed by atoms with E-state index in [9.17, 15) is 9.59 Å². The molecule has 0 saturated carbocycles. The molecule has 0 bridgehead atoms. The Morgan fingerprint density at radius 2 is 0.913 bits per heavy atom. The molecule has 1 N–H and O–H groups in total. The summed E-state index contributed by atoms with van der Waals surface area (Å²) in [5, 5.41) is 9.37. The van der Waals surface area contributed by atoms with Crippen molar-refractivity contribution >= 4 is 64.4 Å². The number of carbonyl (C=O) groups is 3. The summed E-state index contributed by atoms with van der Waals surface area (Å²) < 4.78 is 10.9. The van der Waals surface area contributed by atoms with Gasteiger partial charge in [0.1, 0.15) is 17.6 Å². The number of benzene rings is 3. The summed E-state index contributed by atoms with van der Waals surface area (Å²) in [6.07, 6.45) is -0.228. The number of rotatable bonds is 7. The van der Waals surface area contributed by atoms with E-state index in [-0.39, 0.29) is 21.0 Å². The zero-order valence-electron chi connectivity index (χ0n) is 25.3. The Bertz CT molecular complexity index is 1330. The molecule has 0 radical (unpaired) electrons. The van der Waals surface area contributed by atoms with Crippen LogP contribution in [0.15, 0.2) is 79.4 Å². The third-order valence-corrected chi connectivity index (χ3v) is 6.20. The first-order valence-electron chi connectivity index (χ1n) is 12.9. The van der Waals surface area contributed by atoms with E-state index in [0.717, 1.165) is 34.2 Å². The van der Waals surface area contributed by atoms with Crippen LogP contribution < -0.4 is 0 Å². The van der Waals surface area contributed by atoms with Crippen LogP contribution in [0.3, 0.4) is 0 Å². The molecule has 8 nitrogen and oxygen atoms in total. The predicted octanol–water partition coefficient (Wildman–Crippen LogP) is 9.79. The monoisotopic (exact) mass is 696 g/mol. The van der Waals surface area contributed by atoms with Gasteiger partial charge < -0.3 is 14.6 Å². The van der Waals surface area contributed by atoms with Gasteiger partial charge in [-0.1, -0.05) is 98.2 Å². The Kier molecular flexibility index (Phi) is 22.8. The molecular formula is C35H43Cl3O8. The number of ether oxygens (including phenoxy) is 2. The summed E-state index contributed by atoms with van der Waals surface area (Å²) in [6, 6.07) is 21.6. The van der Waals surface area contributed by atoms with Crippen molar-refractivity contribution in [1.29, 1.82) is 0 Å². The first-order valence-corrected chi connectivity index (χ1v) is 14.0. The largest absolute Gasteiger partial charge is 0.481 e. The Balaban J connectivity index is -0.000000804. The number of aliphatic carboxylic acids is 1. The highest BCUT2D eigenvalue weighted by molar-refractivity contribution is 6.31. The summed E-state index contributed by atoms with van der Waals surface area (Å²) in [4.78, 5) is 49.7. The average Bonchev–Trinajstić information content (AvgIpc) is 2.89. The third-order valence-electron chi connectivity index (χ3n) is 5.44. The topological polar surface area (TPSA) is 124 Å². The molecule has 0 fully saturated rings. The molecule has 3 aromatic carbocycles. The second kappa shape index (κ2) is 22.5. The van der Waals surface area contributed by atoms with Gasteiger partial charge in [-0.25, -0.2) is 0 Å². The fraction of sp³-hybridized carbons (Fsp3) is 0.314. The van der Waals surface area contributed by atoms with E-state index in [1.54, 1.807) is 76.2 Å². The van der Waals surface area contributed by atoms with E-state index < -0.39 is 35.5 Å². The lowest BCUT2D eigenvalue weighted by Crippen LogP contribution is -2.30. The minimum atomic E-state index is -0.895. The highest BCUT2D eigenvalue weighted by Gasteiger charge is 2.30. The number of esters is 2. The summed E-state index contributed by atoms with van der Waals surface area (Å²) in [7, 11) is 0. The van der Waals surface area contributed by atoms with Crippen LogP contribution in [0, 0.1) is 0 Å². The Labute approximate surface area is 287 Å². The Morgan fingerprint density at radius 1 is 0.674 bits per heavy atom. The zero-order chi connectivity index (χ0) is 34.1. The van der Waals surface area contributed by atoms with Crippen LogP contribution in [0.2, 0.25) is 15.1 Å². The molecule has 3 rings (SSSR count). The highest BCUT2D eigenvalue weighted by atomic mass is 35.5. The van der Waals surface area contributed by atoms with E-state index in [2.05, 4.69) is 6.58 Å². The van der Waals surface area contributed by atoms with Crippen LogP contribution in [0.5, 0.6) is 0 Å². The highest BCUT2D eigenvalue weighted by Crippen LogP contribution is 2.28. The van der Waals surface area contributed by atoms with Gasteiger partial charge in [0.15, 0.2) is 0 Å². The van der Waals surface area contributed by atoms with E-state index in [1.807, 2.05) is 31.2 Å². The van der Waals surface area contributed by atoms with Crippen molar-refractivity contribution in [3.05, 3.63) is 111 Å². The summed E-state index contributed by atoms with van der Waals surface area (Å²) in [5.74, 6) is -2.15. The molecule has 0 aromatic heterocycles. The minimum Gasteiger partial charge on any atom is -0.481 e. The second-order valence-electron chi connectivity index (χ2n) is 10.0. The number of allylic oxidation sites excluding steroid dienone is 1. The number of carboxylic acids is 1. The molecule has 0 aliphatic carbocycles. The summed E-state index contributed by atoms with van der Waals surface area (Å²) in [6.45, 7) is 13.9. The molecule has 3 aromatic rings. The van der Waals surface area contributed by atoms with Crippen LogP contribution in [-0.2, 0) is 44.6 Å². The molecule has 0 atom stereocenters. The molecule has 0 amide bonds. The SMILES string of the molecule is C.C.C=C(C)c1ccc(Cl)cc1.CC(=O)O.CC(C)(OC(=O)CC(=O)OC(C)(C)c1ccc(Cl)cc1)c1ccc(Cl)cc1.O=C=O. The molecule has 46 heavy (non-hydrogen) atoms. The molecular weight excluding hydrogens is 655 g/mol. The number of carbonyl (C=O) groups excluding carboxylic acids is 4. The summed E-state index contributed by atoms with van der Waals surface area (Å²) in [5.41, 5.74) is 1.97. The van der Waals surface area contributed by atoms with Crippen molar-refractivity contribution in [2.45, 2.75) is 74.0 Å². The molecule has 0 unspecified atom stereocenters. The van der Waals surface area contributed by atoms with Gasteiger partial charge in [0, 0.05) is 22.0 Å². The first kappa shape index (κ1) is 46.5. The maximum absolute atomic E-state index is 12.2. The summed E-state index contributed by atoms with van der Waals surface area (Å²) >= 11 is 17.4. The van der Waals surface area contributed by atoms with Crippen molar-refractivity contribution in [2.24, 2.45) is 0 Å². The van der Waals surface area contributed by atoms with Gasteiger partial charge in [0.05, 0.1) is 0 Å². The molecule has 0 spiro atoms. The van der Waals surface area contributed by atoms with Gasteiger partial charge in [-0.15, -0.1) is 0 Å². The van der Waals surface area contributed by atoms with Crippen LogP contribution in [0.25, 0.3) is 5.57 Å². The molecule has 0 aliphatic heterocycles.